The van der Waals surface area contributed by atoms with E-state index in [1.165, 1.54) is 0 Å². The molecule has 2 aromatic rings. The average molecular weight is 469 g/mol. The molecule has 2 heterocycles. The number of nitrogens with zero attached hydrogens (tertiary/aromatic N) is 5. The summed E-state index contributed by atoms with van der Waals surface area (Å²) in [5.41, 5.74) is 0.780. The number of carbonyl (C=O) groups is 1. The Balaban J connectivity index is 1.24. The maximum atomic E-state index is 12.6. The molecule has 1 amide bonds. The number of anilines is 1. The van der Waals surface area contributed by atoms with Gasteiger partial charge in [0.25, 0.3) is 5.91 Å². The summed E-state index contributed by atoms with van der Waals surface area (Å²) in [6.45, 7) is 7.13. The Morgan fingerprint density at radius 1 is 1.18 bits per heavy atom. The summed E-state index contributed by atoms with van der Waals surface area (Å²) in [4.78, 5) is 26.1. The Morgan fingerprint density at radius 3 is 2.55 bits per heavy atom. The summed E-state index contributed by atoms with van der Waals surface area (Å²) in [6.07, 6.45) is 6.65. The molecule has 2 fully saturated rings. The lowest BCUT2D eigenvalue weighted by Gasteiger charge is -2.34. The summed E-state index contributed by atoms with van der Waals surface area (Å²) in [6, 6.07) is 7.25. The molecule has 1 aromatic heterocycles. The minimum atomic E-state index is -0.187. The van der Waals surface area contributed by atoms with E-state index in [2.05, 4.69) is 32.0 Å². The molecular formula is C24H29ClN6O2. The normalized spacial score (nSPS) is 21.3. The highest BCUT2D eigenvalue weighted by Gasteiger charge is 2.25. The number of likely N-dealkylation sites (N-methyl/N-ethyl adjacent to an activating group) is 1. The van der Waals surface area contributed by atoms with Crippen LogP contribution in [0.25, 0.3) is 0 Å². The van der Waals surface area contributed by atoms with Crippen LogP contribution in [0.4, 0.5) is 5.82 Å². The zero-order valence-corrected chi connectivity index (χ0v) is 19.6. The maximum absolute atomic E-state index is 12.6. The van der Waals surface area contributed by atoms with Crippen LogP contribution in [0.1, 0.15) is 48.7 Å². The van der Waals surface area contributed by atoms with Crippen molar-refractivity contribution in [3.8, 4) is 11.8 Å². The second kappa shape index (κ2) is 10.8. The second-order valence-corrected chi connectivity index (χ2v) is 8.91. The second-order valence-electron chi connectivity index (χ2n) is 8.50. The fourth-order valence-electron chi connectivity index (χ4n) is 4.33. The van der Waals surface area contributed by atoms with Crippen molar-refractivity contribution in [1.29, 1.82) is 5.26 Å². The van der Waals surface area contributed by atoms with E-state index < -0.39 is 0 Å². The highest BCUT2D eigenvalue weighted by atomic mass is 35.5. The first-order valence-electron chi connectivity index (χ1n) is 11.5. The largest absolute Gasteiger partial charge is 0.490 e. The predicted molar refractivity (Wildman–Crippen MR) is 127 cm³/mol. The van der Waals surface area contributed by atoms with Gasteiger partial charge in [0.1, 0.15) is 23.3 Å². The number of nitrogens with one attached hydrogen (secondary N) is 1. The van der Waals surface area contributed by atoms with E-state index in [-0.39, 0.29) is 18.1 Å². The molecule has 0 atom stereocenters. The number of hydrogen-bond acceptors (Lipinski definition) is 7. The Labute approximate surface area is 199 Å². The molecule has 1 aromatic carbocycles. The molecule has 1 aliphatic carbocycles. The van der Waals surface area contributed by atoms with Crippen molar-refractivity contribution in [2.45, 2.75) is 44.8 Å². The molecule has 174 valence electrons. The summed E-state index contributed by atoms with van der Waals surface area (Å²) >= 11 is 6.09. The first-order valence-corrected chi connectivity index (χ1v) is 11.9. The first-order chi connectivity index (χ1) is 16.1. The summed E-state index contributed by atoms with van der Waals surface area (Å²) in [7, 11) is 0. The number of hydrogen-bond donors (Lipinski definition) is 1. The molecule has 0 unspecified atom stereocenters. The van der Waals surface area contributed by atoms with Crippen molar-refractivity contribution in [3.63, 3.8) is 0 Å². The molecule has 4 rings (SSSR count). The van der Waals surface area contributed by atoms with Crippen LogP contribution >= 0.6 is 11.6 Å². The minimum absolute atomic E-state index is 0.0643. The molecule has 2 aliphatic rings. The number of nitriles is 1. The van der Waals surface area contributed by atoms with Crippen LogP contribution in [0, 0.1) is 11.3 Å². The molecule has 8 nitrogen and oxygen atoms in total. The third-order valence-electron chi connectivity index (χ3n) is 6.39. The van der Waals surface area contributed by atoms with Crippen LogP contribution < -0.4 is 15.0 Å². The zero-order chi connectivity index (χ0) is 23.2. The standard InChI is InChI=1S/C24H29ClN6O2/c1-2-30-9-11-31(12-10-30)23-16-27-22(15-28-23)24(32)29-18-4-7-19(8-5-18)33-20-6-3-17(14-26)21(25)13-20/h3,6,13,15-16,18-19H,2,4-5,7-12H2,1H3,(H,29,32). The molecule has 9 heteroatoms. The van der Waals surface area contributed by atoms with E-state index in [9.17, 15) is 4.79 Å². The fraction of sp³-hybridized carbons (Fsp3) is 0.500. The van der Waals surface area contributed by atoms with E-state index in [4.69, 9.17) is 21.6 Å². The number of benzene rings is 1. The van der Waals surface area contributed by atoms with Crippen LogP contribution in [-0.4, -0.2) is 65.6 Å². The highest BCUT2D eigenvalue weighted by molar-refractivity contribution is 6.31. The summed E-state index contributed by atoms with van der Waals surface area (Å²) < 4.78 is 6.02. The smallest absolute Gasteiger partial charge is 0.271 e. The van der Waals surface area contributed by atoms with E-state index in [1.807, 2.05) is 6.07 Å². The van der Waals surface area contributed by atoms with E-state index >= 15 is 0 Å². The molecule has 1 aliphatic heterocycles. The van der Waals surface area contributed by atoms with Gasteiger partial charge < -0.3 is 19.9 Å². The van der Waals surface area contributed by atoms with Crippen molar-refractivity contribution >= 4 is 23.3 Å². The maximum Gasteiger partial charge on any atom is 0.271 e. The van der Waals surface area contributed by atoms with Gasteiger partial charge in [-0.2, -0.15) is 5.26 Å². The molecule has 0 bridgehead atoms. The lowest BCUT2D eigenvalue weighted by Crippen LogP contribution is -2.46. The van der Waals surface area contributed by atoms with Gasteiger partial charge in [-0.15, -0.1) is 0 Å². The Hall–Kier alpha value is -2.89. The van der Waals surface area contributed by atoms with Gasteiger partial charge in [-0.3, -0.25) is 4.79 Å². The zero-order valence-electron chi connectivity index (χ0n) is 18.8. The number of carbonyl (C=O) groups excluding carboxylic acids is 1. The van der Waals surface area contributed by atoms with Crippen LogP contribution in [0.2, 0.25) is 5.02 Å². The quantitative estimate of drug-likeness (QED) is 0.695. The molecule has 33 heavy (non-hydrogen) atoms. The van der Waals surface area contributed by atoms with Gasteiger partial charge in [0.15, 0.2) is 0 Å². The molecular weight excluding hydrogens is 440 g/mol. The van der Waals surface area contributed by atoms with Gasteiger partial charge in [-0.25, -0.2) is 9.97 Å². The van der Waals surface area contributed by atoms with E-state index in [0.29, 0.717) is 22.0 Å². The number of piperazine rings is 1. The topological polar surface area (TPSA) is 94.4 Å². The highest BCUT2D eigenvalue weighted by Crippen LogP contribution is 2.27. The van der Waals surface area contributed by atoms with Crippen molar-refractivity contribution in [2.75, 3.05) is 37.6 Å². The SMILES string of the molecule is CCN1CCN(c2cnc(C(=O)NC3CCC(Oc4ccc(C#N)c(Cl)c4)CC3)cn2)CC1. The van der Waals surface area contributed by atoms with Gasteiger partial charge in [-0.1, -0.05) is 18.5 Å². The Kier molecular flexibility index (Phi) is 7.63. The Bertz CT molecular complexity index is 993. The van der Waals surface area contributed by atoms with Gasteiger partial charge >= 0.3 is 0 Å². The third-order valence-corrected chi connectivity index (χ3v) is 6.70. The lowest BCUT2D eigenvalue weighted by molar-refractivity contribution is 0.0888. The van der Waals surface area contributed by atoms with Gasteiger partial charge in [0.05, 0.1) is 29.1 Å². The van der Waals surface area contributed by atoms with Crippen LogP contribution in [0.5, 0.6) is 5.75 Å². The first kappa shape index (κ1) is 23.3. The summed E-state index contributed by atoms with van der Waals surface area (Å²) in [5.74, 6) is 1.30. The molecule has 1 saturated carbocycles. The van der Waals surface area contributed by atoms with Crippen molar-refractivity contribution in [1.82, 2.24) is 20.2 Å². The number of halogens is 1. The lowest BCUT2D eigenvalue weighted by atomic mass is 9.93. The predicted octanol–water partition coefficient (Wildman–Crippen LogP) is 3.26. The van der Waals surface area contributed by atoms with Crippen LogP contribution in [0.15, 0.2) is 30.6 Å². The number of rotatable bonds is 6. The molecule has 1 N–H and O–H groups in total. The van der Waals surface area contributed by atoms with E-state index in [0.717, 1.165) is 64.2 Å². The minimum Gasteiger partial charge on any atom is -0.490 e. The molecule has 0 spiro atoms. The third kappa shape index (κ3) is 5.92. The molecule has 1 saturated heterocycles. The van der Waals surface area contributed by atoms with Crippen molar-refractivity contribution in [2.24, 2.45) is 0 Å². The average Bonchev–Trinajstić information content (AvgIpc) is 2.85. The van der Waals surface area contributed by atoms with Gasteiger partial charge in [0.2, 0.25) is 0 Å². The van der Waals surface area contributed by atoms with Gasteiger partial charge in [0, 0.05) is 38.3 Å². The van der Waals surface area contributed by atoms with Crippen molar-refractivity contribution < 1.29 is 9.53 Å². The number of ether oxygens (including phenoxy) is 1. The van der Waals surface area contributed by atoms with Crippen molar-refractivity contribution in [3.05, 3.63) is 46.9 Å². The van der Waals surface area contributed by atoms with Crippen LogP contribution in [-0.2, 0) is 0 Å². The fourth-order valence-corrected chi connectivity index (χ4v) is 4.54. The number of amides is 1. The Morgan fingerprint density at radius 2 is 1.94 bits per heavy atom. The summed E-state index contributed by atoms with van der Waals surface area (Å²) in [5, 5.41) is 12.5. The van der Waals surface area contributed by atoms with Gasteiger partial charge in [-0.05, 0) is 44.4 Å². The monoisotopic (exact) mass is 468 g/mol. The van der Waals surface area contributed by atoms with Crippen LogP contribution in [0.3, 0.4) is 0 Å². The molecule has 0 radical (unpaired) electrons. The van der Waals surface area contributed by atoms with E-state index in [1.54, 1.807) is 30.6 Å². The number of aromatic nitrogens is 2.